The van der Waals surface area contributed by atoms with Crippen molar-refractivity contribution >= 4 is 22.8 Å². The standard InChI is InChI=1S/C27H27N3O4/c1-33-26(32)20-13-14-23-24(16-20)28-27(30(25(23)31)17-19-8-3-2-4-9-19)29(21-10-5-6-11-21)18-22-12-7-15-34-22/h2-4,7-9,12-16,21H,5-6,10-11,17-18H2,1H3. The first-order chi connectivity index (χ1) is 16.6. The molecule has 7 heteroatoms. The molecule has 0 radical (unpaired) electrons. The van der Waals surface area contributed by atoms with Gasteiger partial charge in [0.05, 0.1) is 42.9 Å². The summed E-state index contributed by atoms with van der Waals surface area (Å²) in [6.45, 7) is 0.916. The molecule has 0 spiro atoms. The van der Waals surface area contributed by atoms with E-state index in [0.29, 0.717) is 35.5 Å². The second-order valence-corrected chi connectivity index (χ2v) is 8.66. The van der Waals surface area contributed by atoms with Crippen LogP contribution in [0.5, 0.6) is 0 Å². The van der Waals surface area contributed by atoms with E-state index in [9.17, 15) is 9.59 Å². The highest BCUT2D eigenvalue weighted by Gasteiger charge is 2.28. The summed E-state index contributed by atoms with van der Waals surface area (Å²) in [6, 6.07) is 18.9. The van der Waals surface area contributed by atoms with Gasteiger partial charge in [-0.1, -0.05) is 43.2 Å². The molecule has 0 bridgehead atoms. The van der Waals surface area contributed by atoms with Crippen LogP contribution in [0.3, 0.4) is 0 Å². The topological polar surface area (TPSA) is 77.6 Å². The summed E-state index contributed by atoms with van der Waals surface area (Å²) in [5.74, 6) is 0.949. The maximum absolute atomic E-state index is 13.8. The van der Waals surface area contributed by atoms with Crippen LogP contribution < -0.4 is 10.5 Å². The van der Waals surface area contributed by atoms with E-state index in [0.717, 1.165) is 37.0 Å². The largest absolute Gasteiger partial charge is 0.467 e. The van der Waals surface area contributed by atoms with Gasteiger partial charge in [-0.25, -0.2) is 9.78 Å². The van der Waals surface area contributed by atoms with Crippen LogP contribution in [0.25, 0.3) is 10.9 Å². The lowest BCUT2D eigenvalue weighted by Gasteiger charge is -2.31. The van der Waals surface area contributed by atoms with E-state index in [2.05, 4.69) is 4.90 Å². The number of benzene rings is 2. The van der Waals surface area contributed by atoms with Crippen LogP contribution in [-0.2, 0) is 17.8 Å². The summed E-state index contributed by atoms with van der Waals surface area (Å²) in [7, 11) is 1.34. The van der Waals surface area contributed by atoms with Crippen LogP contribution in [0.2, 0.25) is 0 Å². The maximum atomic E-state index is 13.8. The van der Waals surface area contributed by atoms with Gasteiger partial charge in [0.2, 0.25) is 5.95 Å². The van der Waals surface area contributed by atoms with Crippen LogP contribution in [0.4, 0.5) is 5.95 Å². The van der Waals surface area contributed by atoms with Crippen molar-refractivity contribution in [3.63, 3.8) is 0 Å². The number of methoxy groups -OCH3 is 1. The van der Waals surface area contributed by atoms with Crippen molar-refractivity contribution in [2.45, 2.75) is 44.8 Å². The minimum atomic E-state index is -0.457. The van der Waals surface area contributed by atoms with E-state index < -0.39 is 5.97 Å². The number of ether oxygens (including phenoxy) is 1. The molecule has 2 aromatic carbocycles. The number of fused-ring (bicyclic) bond motifs is 1. The Morgan fingerprint density at radius 2 is 1.91 bits per heavy atom. The smallest absolute Gasteiger partial charge is 0.337 e. The van der Waals surface area contributed by atoms with E-state index in [1.54, 1.807) is 29.0 Å². The van der Waals surface area contributed by atoms with Gasteiger partial charge in [-0.2, -0.15) is 0 Å². The minimum absolute atomic E-state index is 0.136. The van der Waals surface area contributed by atoms with Crippen LogP contribution >= 0.6 is 0 Å². The molecule has 1 aliphatic rings. The molecule has 2 aromatic heterocycles. The summed E-state index contributed by atoms with van der Waals surface area (Å²) in [5, 5.41) is 0.469. The molecule has 0 atom stereocenters. The van der Waals surface area contributed by atoms with Gasteiger partial charge in [0.15, 0.2) is 0 Å². The quantitative estimate of drug-likeness (QED) is 0.372. The molecule has 1 saturated carbocycles. The highest BCUT2D eigenvalue weighted by atomic mass is 16.5. The number of esters is 1. The third-order valence-electron chi connectivity index (χ3n) is 6.47. The first kappa shape index (κ1) is 21.9. The van der Waals surface area contributed by atoms with Crippen molar-refractivity contribution in [3.05, 3.63) is 94.2 Å². The van der Waals surface area contributed by atoms with Crippen LogP contribution in [0.1, 0.15) is 47.4 Å². The van der Waals surface area contributed by atoms with E-state index in [4.69, 9.17) is 14.1 Å². The number of furan rings is 1. The summed E-state index contributed by atoms with van der Waals surface area (Å²) >= 11 is 0. The van der Waals surface area contributed by atoms with Crippen LogP contribution in [-0.4, -0.2) is 28.7 Å². The Morgan fingerprint density at radius 3 is 2.62 bits per heavy atom. The molecule has 7 nitrogen and oxygen atoms in total. The maximum Gasteiger partial charge on any atom is 0.337 e. The molecule has 5 rings (SSSR count). The van der Waals surface area contributed by atoms with Gasteiger partial charge in [0.1, 0.15) is 5.76 Å². The zero-order valence-corrected chi connectivity index (χ0v) is 19.1. The molecule has 1 fully saturated rings. The van der Waals surface area contributed by atoms with Crippen molar-refractivity contribution in [1.29, 1.82) is 0 Å². The Morgan fingerprint density at radius 1 is 1.12 bits per heavy atom. The lowest BCUT2D eigenvalue weighted by atomic mass is 10.1. The summed E-state index contributed by atoms with van der Waals surface area (Å²) in [5.41, 5.74) is 1.73. The monoisotopic (exact) mass is 457 g/mol. The molecule has 174 valence electrons. The summed E-state index contributed by atoms with van der Waals surface area (Å²) < 4.78 is 12.3. The fourth-order valence-electron chi connectivity index (χ4n) is 4.73. The lowest BCUT2D eigenvalue weighted by molar-refractivity contribution is 0.0601. The van der Waals surface area contributed by atoms with Crippen LogP contribution in [0.15, 0.2) is 76.1 Å². The lowest BCUT2D eigenvalue weighted by Crippen LogP contribution is -2.38. The fraction of sp³-hybridized carbons (Fsp3) is 0.296. The molecule has 0 unspecified atom stereocenters. The average molecular weight is 458 g/mol. The predicted molar refractivity (Wildman–Crippen MR) is 130 cm³/mol. The van der Waals surface area contributed by atoms with Crippen molar-refractivity contribution < 1.29 is 13.9 Å². The third kappa shape index (κ3) is 4.33. The van der Waals surface area contributed by atoms with Crippen LogP contribution in [0, 0.1) is 0 Å². The molecule has 0 N–H and O–H groups in total. The first-order valence-corrected chi connectivity index (χ1v) is 11.6. The van der Waals surface area contributed by atoms with Crippen molar-refractivity contribution in [2.24, 2.45) is 0 Å². The number of carbonyl (C=O) groups excluding carboxylic acids is 1. The number of anilines is 1. The zero-order valence-electron chi connectivity index (χ0n) is 19.1. The van der Waals surface area contributed by atoms with E-state index in [-0.39, 0.29) is 11.6 Å². The molecule has 4 aromatic rings. The molecule has 0 saturated heterocycles. The second kappa shape index (κ2) is 9.55. The normalized spacial score (nSPS) is 13.9. The Bertz CT molecular complexity index is 1340. The van der Waals surface area contributed by atoms with Crippen molar-refractivity contribution in [3.8, 4) is 0 Å². The molecule has 34 heavy (non-hydrogen) atoms. The van der Waals surface area contributed by atoms with Crippen molar-refractivity contribution in [1.82, 2.24) is 9.55 Å². The number of carbonyl (C=O) groups is 1. The molecular formula is C27H27N3O4. The predicted octanol–water partition coefficient (Wildman–Crippen LogP) is 4.77. The highest BCUT2D eigenvalue weighted by Crippen LogP contribution is 2.30. The zero-order chi connectivity index (χ0) is 23.5. The second-order valence-electron chi connectivity index (χ2n) is 8.66. The number of hydrogen-bond donors (Lipinski definition) is 0. The Kier molecular flexibility index (Phi) is 6.16. The van der Waals surface area contributed by atoms with Gasteiger partial charge < -0.3 is 14.1 Å². The van der Waals surface area contributed by atoms with Gasteiger partial charge >= 0.3 is 5.97 Å². The number of hydrogen-bond acceptors (Lipinski definition) is 6. The average Bonchev–Trinajstić information content (AvgIpc) is 3.59. The molecule has 1 aliphatic carbocycles. The number of nitrogens with zero attached hydrogens (tertiary/aromatic N) is 3. The highest BCUT2D eigenvalue weighted by molar-refractivity contribution is 5.94. The summed E-state index contributed by atoms with van der Waals surface area (Å²) in [6.07, 6.45) is 6.00. The van der Waals surface area contributed by atoms with E-state index in [1.807, 2.05) is 42.5 Å². The molecular weight excluding hydrogens is 430 g/mol. The molecule has 2 heterocycles. The first-order valence-electron chi connectivity index (χ1n) is 11.6. The van der Waals surface area contributed by atoms with E-state index in [1.165, 1.54) is 7.11 Å². The van der Waals surface area contributed by atoms with Gasteiger partial charge in [0, 0.05) is 6.04 Å². The number of aromatic nitrogens is 2. The SMILES string of the molecule is COC(=O)c1ccc2c(=O)n(Cc3ccccc3)c(N(Cc3ccco3)C3CCCC3)nc2c1. The Balaban J connectivity index is 1.70. The molecule has 0 aliphatic heterocycles. The van der Waals surface area contributed by atoms with Gasteiger partial charge in [-0.05, 0) is 48.7 Å². The Hall–Kier alpha value is -3.87. The number of rotatable bonds is 7. The van der Waals surface area contributed by atoms with Gasteiger partial charge in [0.25, 0.3) is 5.56 Å². The Labute approximate surface area is 197 Å². The summed E-state index contributed by atoms with van der Waals surface area (Å²) in [4.78, 5) is 33.1. The van der Waals surface area contributed by atoms with E-state index >= 15 is 0 Å². The third-order valence-corrected chi connectivity index (χ3v) is 6.47. The van der Waals surface area contributed by atoms with Crippen molar-refractivity contribution in [2.75, 3.05) is 12.0 Å². The minimum Gasteiger partial charge on any atom is -0.467 e. The molecule has 0 amide bonds. The fourth-order valence-corrected chi connectivity index (χ4v) is 4.73. The van der Waals surface area contributed by atoms with Gasteiger partial charge in [-0.3, -0.25) is 9.36 Å². The van der Waals surface area contributed by atoms with Gasteiger partial charge in [-0.15, -0.1) is 0 Å².